The molecule has 7 nitrogen and oxygen atoms in total. The van der Waals surface area contributed by atoms with Gasteiger partial charge in [0.25, 0.3) is 5.91 Å². The molecule has 3 heterocycles. The van der Waals surface area contributed by atoms with Crippen LogP contribution in [0.25, 0.3) is 16.6 Å². The highest BCUT2D eigenvalue weighted by atomic mass is 19.4. The molecule has 0 spiro atoms. The lowest BCUT2D eigenvalue weighted by Crippen LogP contribution is -2.32. The number of carbonyl (C=O) groups excluding carboxylic acids is 1. The highest BCUT2D eigenvalue weighted by molar-refractivity contribution is 5.98. The topological polar surface area (TPSA) is 85.8 Å². The third-order valence-electron chi connectivity index (χ3n) is 6.99. The van der Waals surface area contributed by atoms with Gasteiger partial charge in [-0.3, -0.25) is 9.20 Å². The Balaban J connectivity index is 1.29. The molecule has 188 valence electrons. The Morgan fingerprint density at radius 3 is 2.76 bits per heavy atom. The first-order chi connectivity index (χ1) is 17.6. The summed E-state index contributed by atoms with van der Waals surface area (Å²) in [6.45, 7) is 0.111. The number of nitrogen functional groups attached to an aromatic ring is 1. The SMILES string of the molecule is CN(C(=O)c1cc2c(cc1F)nc(N)c1cncn12)[C@@H]1COc2cc(C#CC3(C(F)(F)F)CC3)ccc21. The zero-order valence-electron chi connectivity index (χ0n) is 19.4. The average molecular weight is 509 g/mol. The predicted octanol–water partition coefficient (Wildman–Crippen LogP) is 4.50. The Labute approximate surface area is 207 Å². The van der Waals surface area contributed by atoms with Gasteiger partial charge in [0, 0.05) is 24.2 Å². The molecular weight excluding hydrogens is 490 g/mol. The number of nitrogens with two attached hydrogens (primary N) is 1. The highest BCUT2D eigenvalue weighted by Crippen LogP contribution is 2.57. The molecular formula is C26H19F4N5O2. The zero-order valence-corrected chi connectivity index (χ0v) is 19.4. The molecule has 6 rings (SSSR count). The van der Waals surface area contributed by atoms with Gasteiger partial charge < -0.3 is 15.4 Å². The number of alkyl halides is 3. The van der Waals surface area contributed by atoms with E-state index >= 15 is 4.39 Å². The van der Waals surface area contributed by atoms with E-state index in [1.165, 1.54) is 30.5 Å². The standard InChI is InChI=1S/C26H19F4N5O2/c1-34(24(36)16-9-19-18(10-17(16)27)33-23(31)20-11-32-13-35(19)20)21-12-37-22-8-14(2-3-15(21)22)4-5-25(6-7-25)26(28,29)30/h2-3,8-11,13,21H,6-7,12H2,1H3,(H2,31,33)/t21-/m1/s1. The van der Waals surface area contributed by atoms with Gasteiger partial charge in [-0.25, -0.2) is 14.4 Å². The number of likely N-dealkylation sites (N-methyl/N-ethyl adjacent to an activating group) is 1. The number of fused-ring (bicyclic) bond motifs is 4. The van der Waals surface area contributed by atoms with Crippen molar-refractivity contribution in [3.05, 3.63) is 65.4 Å². The summed E-state index contributed by atoms with van der Waals surface area (Å²) >= 11 is 0. The number of nitrogens with zero attached hydrogens (tertiary/aromatic N) is 4. The van der Waals surface area contributed by atoms with Crippen molar-refractivity contribution in [2.75, 3.05) is 19.4 Å². The van der Waals surface area contributed by atoms with Crippen LogP contribution in [0.4, 0.5) is 23.4 Å². The van der Waals surface area contributed by atoms with E-state index in [0.717, 1.165) is 6.07 Å². The number of benzene rings is 2. The number of rotatable bonds is 2. The van der Waals surface area contributed by atoms with Gasteiger partial charge in [0.15, 0.2) is 0 Å². The van der Waals surface area contributed by atoms with Crippen LogP contribution < -0.4 is 10.5 Å². The molecule has 1 saturated carbocycles. The van der Waals surface area contributed by atoms with Crippen molar-refractivity contribution in [3.63, 3.8) is 0 Å². The number of carbonyl (C=O) groups is 1. The van der Waals surface area contributed by atoms with E-state index in [1.807, 2.05) is 0 Å². The Hall–Kier alpha value is -4.33. The van der Waals surface area contributed by atoms with Crippen molar-refractivity contribution in [2.45, 2.75) is 25.1 Å². The minimum Gasteiger partial charge on any atom is -0.491 e. The third kappa shape index (κ3) is 3.63. The Kier molecular flexibility index (Phi) is 4.89. The minimum absolute atomic E-state index is 0.00106. The fourth-order valence-corrected chi connectivity index (χ4v) is 4.58. The molecule has 2 aromatic heterocycles. The Morgan fingerprint density at radius 2 is 2.03 bits per heavy atom. The van der Waals surface area contributed by atoms with E-state index in [9.17, 15) is 18.0 Å². The van der Waals surface area contributed by atoms with Gasteiger partial charge in [-0.1, -0.05) is 17.9 Å². The van der Waals surface area contributed by atoms with Gasteiger partial charge in [-0.2, -0.15) is 13.2 Å². The Bertz CT molecular complexity index is 1660. The lowest BCUT2D eigenvalue weighted by molar-refractivity contribution is -0.168. The molecule has 1 aliphatic heterocycles. The van der Waals surface area contributed by atoms with Gasteiger partial charge in [-0.15, -0.1) is 0 Å². The lowest BCUT2D eigenvalue weighted by Gasteiger charge is -2.24. The van der Waals surface area contributed by atoms with E-state index in [4.69, 9.17) is 10.5 Å². The molecule has 4 aromatic rings. The van der Waals surface area contributed by atoms with Crippen LogP contribution in [0.2, 0.25) is 0 Å². The van der Waals surface area contributed by atoms with Crippen LogP contribution >= 0.6 is 0 Å². The molecule has 2 N–H and O–H groups in total. The molecule has 0 saturated heterocycles. The summed E-state index contributed by atoms with van der Waals surface area (Å²) in [7, 11) is 1.54. The molecule has 11 heteroatoms. The van der Waals surface area contributed by atoms with Crippen molar-refractivity contribution in [3.8, 4) is 17.6 Å². The monoisotopic (exact) mass is 509 g/mol. The van der Waals surface area contributed by atoms with Crippen molar-refractivity contribution in [2.24, 2.45) is 5.41 Å². The number of hydrogen-bond acceptors (Lipinski definition) is 5. The molecule has 1 aliphatic carbocycles. The summed E-state index contributed by atoms with van der Waals surface area (Å²) in [6.07, 6.45) is -1.32. The molecule has 0 unspecified atom stereocenters. The average Bonchev–Trinajstić information content (AvgIpc) is 3.30. The second-order valence-corrected chi connectivity index (χ2v) is 9.29. The van der Waals surface area contributed by atoms with Crippen LogP contribution in [-0.2, 0) is 0 Å². The van der Waals surface area contributed by atoms with Crippen molar-refractivity contribution in [1.82, 2.24) is 19.3 Å². The fraction of sp³-hybridized carbons (Fsp3) is 0.269. The predicted molar refractivity (Wildman–Crippen MR) is 126 cm³/mol. The quantitative estimate of drug-likeness (QED) is 0.318. The molecule has 2 aliphatic rings. The summed E-state index contributed by atoms with van der Waals surface area (Å²) < 4.78 is 61.9. The van der Waals surface area contributed by atoms with Gasteiger partial charge >= 0.3 is 6.18 Å². The van der Waals surface area contributed by atoms with Gasteiger partial charge in [0.05, 0.1) is 35.2 Å². The highest BCUT2D eigenvalue weighted by Gasteiger charge is 2.62. The van der Waals surface area contributed by atoms with Crippen LogP contribution in [-0.4, -0.2) is 45.0 Å². The summed E-state index contributed by atoms with van der Waals surface area (Å²) in [5.41, 5.74) is 6.17. The largest absolute Gasteiger partial charge is 0.491 e. The summed E-state index contributed by atoms with van der Waals surface area (Å²) in [6, 6.07) is 6.88. The molecule has 2 aromatic carbocycles. The maximum atomic E-state index is 15.0. The van der Waals surface area contributed by atoms with E-state index in [1.54, 1.807) is 22.6 Å². The van der Waals surface area contributed by atoms with Gasteiger partial charge in [0.1, 0.15) is 34.9 Å². The summed E-state index contributed by atoms with van der Waals surface area (Å²) in [5, 5.41) is 0. The van der Waals surface area contributed by atoms with Crippen molar-refractivity contribution >= 4 is 28.3 Å². The molecule has 1 amide bonds. The third-order valence-corrected chi connectivity index (χ3v) is 6.99. The number of hydrogen-bond donors (Lipinski definition) is 1. The van der Waals surface area contributed by atoms with Crippen molar-refractivity contribution < 1.29 is 27.1 Å². The first kappa shape index (κ1) is 23.1. The van der Waals surface area contributed by atoms with E-state index < -0.39 is 29.4 Å². The minimum atomic E-state index is -4.36. The normalized spacial score (nSPS) is 17.7. The summed E-state index contributed by atoms with van der Waals surface area (Å²) in [5.74, 6) is 4.27. The van der Waals surface area contributed by atoms with Crippen LogP contribution in [0.5, 0.6) is 5.75 Å². The van der Waals surface area contributed by atoms with Crippen LogP contribution in [0.3, 0.4) is 0 Å². The second-order valence-electron chi connectivity index (χ2n) is 9.29. The second kappa shape index (κ2) is 7.83. The fourth-order valence-electron chi connectivity index (χ4n) is 4.58. The number of aromatic nitrogens is 3. The smallest absolute Gasteiger partial charge is 0.405 e. The van der Waals surface area contributed by atoms with E-state index in [-0.39, 0.29) is 36.3 Å². The molecule has 1 atom stereocenters. The Morgan fingerprint density at radius 1 is 1.24 bits per heavy atom. The number of imidazole rings is 1. The van der Waals surface area contributed by atoms with Gasteiger partial charge in [0.2, 0.25) is 0 Å². The van der Waals surface area contributed by atoms with Crippen LogP contribution in [0.15, 0.2) is 42.9 Å². The molecule has 0 bridgehead atoms. The van der Waals surface area contributed by atoms with E-state index in [2.05, 4.69) is 21.8 Å². The number of amides is 1. The van der Waals surface area contributed by atoms with Gasteiger partial charge in [-0.05, 0) is 31.0 Å². The van der Waals surface area contributed by atoms with Crippen LogP contribution in [0, 0.1) is 23.1 Å². The molecule has 1 fully saturated rings. The first-order valence-corrected chi connectivity index (χ1v) is 11.4. The molecule has 0 radical (unpaired) electrons. The maximum Gasteiger partial charge on any atom is 0.405 e. The van der Waals surface area contributed by atoms with Crippen molar-refractivity contribution in [1.29, 1.82) is 0 Å². The summed E-state index contributed by atoms with van der Waals surface area (Å²) in [4.78, 5) is 23.0. The zero-order chi connectivity index (χ0) is 26.1. The first-order valence-electron chi connectivity index (χ1n) is 11.4. The molecule has 37 heavy (non-hydrogen) atoms. The van der Waals surface area contributed by atoms with E-state index in [0.29, 0.717) is 27.9 Å². The lowest BCUT2D eigenvalue weighted by atomic mass is 10.0. The number of ether oxygens (including phenoxy) is 1. The number of anilines is 1. The van der Waals surface area contributed by atoms with Crippen LogP contribution in [0.1, 0.15) is 40.4 Å². The number of halogens is 4. The maximum absolute atomic E-state index is 15.0.